The molecule has 16 heavy (non-hydrogen) atoms. The minimum atomic E-state index is 0.877. The van der Waals surface area contributed by atoms with Crippen molar-refractivity contribution in [3.8, 4) is 11.5 Å². The normalized spacial score (nSPS) is 10.1. The summed E-state index contributed by atoms with van der Waals surface area (Å²) < 4.78 is 5.72. The predicted octanol–water partition coefficient (Wildman–Crippen LogP) is 4.51. The van der Waals surface area contributed by atoms with Crippen molar-refractivity contribution in [1.82, 2.24) is 0 Å². The van der Waals surface area contributed by atoms with Crippen LogP contribution in [0.3, 0.4) is 0 Å². The van der Waals surface area contributed by atoms with Crippen molar-refractivity contribution in [2.45, 2.75) is 11.8 Å². The molecule has 0 aliphatic heterocycles. The molecule has 0 aromatic heterocycles. The van der Waals surface area contributed by atoms with E-state index in [-0.39, 0.29) is 0 Å². The van der Waals surface area contributed by atoms with Gasteiger partial charge in [0.05, 0.1) is 0 Å². The van der Waals surface area contributed by atoms with Crippen LogP contribution in [0, 0.1) is 6.92 Å². The first kappa shape index (κ1) is 11.1. The van der Waals surface area contributed by atoms with Gasteiger partial charge in [0.2, 0.25) is 0 Å². The third-order valence-electron chi connectivity index (χ3n) is 2.32. The molecule has 82 valence electrons. The molecule has 0 saturated carbocycles. The van der Waals surface area contributed by atoms with E-state index in [4.69, 9.17) is 4.74 Å². The Balaban J connectivity index is 2.11. The Kier molecular flexibility index (Phi) is 3.52. The molecule has 0 unspecified atom stereocenters. The smallest absolute Gasteiger partial charge is 0.127 e. The first-order valence-electron chi connectivity index (χ1n) is 5.16. The van der Waals surface area contributed by atoms with Crippen LogP contribution < -0.4 is 4.74 Å². The van der Waals surface area contributed by atoms with Gasteiger partial charge >= 0.3 is 0 Å². The number of hydrogen-bond donors (Lipinski definition) is 0. The van der Waals surface area contributed by atoms with E-state index in [1.807, 2.05) is 36.4 Å². The van der Waals surface area contributed by atoms with E-state index in [1.54, 1.807) is 11.8 Å². The number of benzene rings is 2. The average Bonchev–Trinajstić information content (AvgIpc) is 2.33. The van der Waals surface area contributed by atoms with Gasteiger partial charge in [-0.25, -0.2) is 0 Å². The first-order valence-corrected chi connectivity index (χ1v) is 6.39. The molecule has 2 aromatic carbocycles. The fourth-order valence-corrected chi connectivity index (χ4v) is 1.79. The molecule has 0 aliphatic carbocycles. The topological polar surface area (TPSA) is 9.23 Å². The van der Waals surface area contributed by atoms with E-state index in [1.165, 1.54) is 10.5 Å². The molecule has 2 rings (SSSR count). The zero-order valence-corrected chi connectivity index (χ0v) is 10.3. The van der Waals surface area contributed by atoms with Crippen LogP contribution in [-0.2, 0) is 0 Å². The van der Waals surface area contributed by atoms with E-state index in [9.17, 15) is 0 Å². The van der Waals surface area contributed by atoms with Gasteiger partial charge < -0.3 is 4.74 Å². The number of hydrogen-bond acceptors (Lipinski definition) is 2. The minimum absolute atomic E-state index is 0.877. The molecule has 0 radical (unpaired) electrons. The van der Waals surface area contributed by atoms with Crippen LogP contribution in [-0.4, -0.2) is 6.26 Å². The van der Waals surface area contributed by atoms with Gasteiger partial charge in [-0.3, -0.25) is 0 Å². The summed E-state index contributed by atoms with van der Waals surface area (Å²) in [5.74, 6) is 1.75. The second kappa shape index (κ2) is 5.08. The van der Waals surface area contributed by atoms with Gasteiger partial charge in [-0.1, -0.05) is 17.7 Å². The number of aryl methyl sites for hydroxylation is 1. The molecule has 0 aliphatic rings. The zero-order chi connectivity index (χ0) is 11.4. The lowest BCUT2D eigenvalue weighted by atomic mass is 10.2. The molecule has 0 fully saturated rings. The molecule has 2 heteroatoms. The highest BCUT2D eigenvalue weighted by Gasteiger charge is 1.97. The Labute approximate surface area is 100 Å². The van der Waals surface area contributed by atoms with E-state index >= 15 is 0 Å². The van der Waals surface area contributed by atoms with Crippen molar-refractivity contribution < 1.29 is 4.74 Å². The summed E-state index contributed by atoms with van der Waals surface area (Å²) in [5, 5.41) is 0. The molecule has 0 saturated heterocycles. The quantitative estimate of drug-likeness (QED) is 0.717. The minimum Gasteiger partial charge on any atom is -0.457 e. The molecule has 0 N–H and O–H groups in total. The van der Waals surface area contributed by atoms with Gasteiger partial charge in [-0.2, -0.15) is 0 Å². The van der Waals surface area contributed by atoms with Crippen LogP contribution in [0.4, 0.5) is 0 Å². The summed E-state index contributed by atoms with van der Waals surface area (Å²) >= 11 is 1.73. The zero-order valence-electron chi connectivity index (χ0n) is 9.44. The van der Waals surface area contributed by atoms with Gasteiger partial charge in [-0.05, 0) is 49.6 Å². The fraction of sp³-hybridized carbons (Fsp3) is 0.143. The lowest BCUT2D eigenvalue weighted by Gasteiger charge is -2.06. The largest absolute Gasteiger partial charge is 0.457 e. The van der Waals surface area contributed by atoms with Crippen LogP contribution in [0.15, 0.2) is 53.4 Å². The maximum Gasteiger partial charge on any atom is 0.127 e. The van der Waals surface area contributed by atoms with Crippen LogP contribution in [0.25, 0.3) is 0 Å². The molecule has 0 atom stereocenters. The standard InChI is InChI=1S/C14H14OS/c1-11-3-5-12(6-4-11)15-13-7-9-14(16-2)10-8-13/h3-10H,1-2H3. The number of ether oxygens (including phenoxy) is 1. The second-order valence-corrected chi connectivity index (χ2v) is 4.47. The summed E-state index contributed by atoms with van der Waals surface area (Å²) in [7, 11) is 0. The monoisotopic (exact) mass is 230 g/mol. The Morgan fingerprint density at radius 1 is 0.812 bits per heavy atom. The molecule has 2 aromatic rings. The average molecular weight is 230 g/mol. The summed E-state index contributed by atoms with van der Waals surface area (Å²) in [6.07, 6.45) is 2.07. The lowest BCUT2D eigenvalue weighted by molar-refractivity contribution is 0.482. The molecule has 0 bridgehead atoms. The third kappa shape index (κ3) is 2.80. The SMILES string of the molecule is CSc1ccc(Oc2ccc(C)cc2)cc1. The van der Waals surface area contributed by atoms with Gasteiger partial charge in [-0.15, -0.1) is 11.8 Å². The van der Waals surface area contributed by atoms with Crippen LogP contribution >= 0.6 is 11.8 Å². The van der Waals surface area contributed by atoms with Gasteiger partial charge in [0, 0.05) is 4.90 Å². The van der Waals surface area contributed by atoms with Crippen molar-refractivity contribution in [1.29, 1.82) is 0 Å². The molecule has 0 heterocycles. The molecular weight excluding hydrogens is 216 g/mol. The maximum atomic E-state index is 5.72. The van der Waals surface area contributed by atoms with E-state index < -0.39 is 0 Å². The highest BCUT2D eigenvalue weighted by Crippen LogP contribution is 2.24. The van der Waals surface area contributed by atoms with Gasteiger partial charge in [0.15, 0.2) is 0 Å². The Bertz CT molecular complexity index is 445. The highest BCUT2D eigenvalue weighted by molar-refractivity contribution is 7.98. The Morgan fingerprint density at radius 3 is 1.81 bits per heavy atom. The lowest BCUT2D eigenvalue weighted by Crippen LogP contribution is -1.83. The fourth-order valence-electron chi connectivity index (χ4n) is 1.39. The molecular formula is C14H14OS. The van der Waals surface area contributed by atoms with Crippen molar-refractivity contribution in [3.05, 3.63) is 54.1 Å². The van der Waals surface area contributed by atoms with Crippen molar-refractivity contribution >= 4 is 11.8 Å². The summed E-state index contributed by atoms with van der Waals surface area (Å²) in [5.41, 5.74) is 1.24. The first-order chi connectivity index (χ1) is 7.78. The van der Waals surface area contributed by atoms with Crippen LogP contribution in [0.2, 0.25) is 0 Å². The second-order valence-electron chi connectivity index (χ2n) is 3.59. The molecule has 0 amide bonds. The third-order valence-corrected chi connectivity index (χ3v) is 3.06. The van der Waals surface area contributed by atoms with Crippen molar-refractivity contribution in [2.24, 2.45) is 0 Å². The summed E-state index contributed by atoms with van der Waals surface area (Å²) in [6, 6.07) is 16.2. The van der Waals surface area contributed by atoms with Crippen molar-refractivity contribution in [3.63, 3.8) is 0 Å². The maximum absolute atomic E-state index is 5.72. The van der Waals surface area contributed by atoms with Crippen molar-refractivity contribution in [2.75, 3.05) is 6.26 Å². The Morgan fingerprint density at radius 2 is 1.31 bits per heavy atom. The molecule has 1 nitrogen and oxygen atoms in total. The summed E-state index contributed by atoms with van der Waals surface area (Å²) in [4.78, 5) is 1.25. The van der Waals surface area contributed by atoms with Gasteiger partial charge in [0.25, 0.3) is 0 Å². The van der Waals surface area contributed by atoms with Crippen LogP contribution in [0.5, 0.6) is 11.5 Å². The van der Waals surface area contributed by atoms with E-state index in [2.05, 4.69) is 25.3 Å². The van der Waals surface area contributed by atoms with Gasteiger partial charge in [0.1, 0.15) is 11.5 Å². The number of thioether (sulfide) groups is 1. The van der Waals surface area contributed by atoms with E-state index in [0.29, 0.717) is 0 Å². The van der Waals surface area contributed by atoms with Crippen LogP contribution in [0.1, 0.15) is 5.56 Å². The highest BCUT2D eigenvalue weighted by atomic mass is 32.2. The number of rotatable bonds is 3. The Hall–Kier alpha value is -1.41. The van der Waals surface area contributed by atoms with E-state index in [0.717, 1.165) is 11.5 Å². The summed E-state index contributed by atoms with van der Waals surface area (Å²) in [6.45, 7) is 2.07. The predicted molar refractivity (Wildman–Crippen MR) is 69.5 cm³/mol. The molecule has 0 spiro atoms.